The van der Waals surface area contributed by atoms with Gasteiger partial charge in [0.15, 0.2) is 0 Å². The molecule has 15 heavy (non-hydrogen) atoms. The molecule has 1 unspecified atom stereocenters. The van der Waals surface area contributed by atoms with E-state index in [4.69, 9.17) is 6.42 Å². The standard InChI is InChI=1S/C14H27N/c1-4-7-9-10-12-14(11-8-5-2)15-13-6-3/h2,14-15H,4,6-13H2,1,3H3. The molecule has 0 heterocycles. The number of rotatable bonds is 10. The fourth-order valence-corrected chi connectivity index (χ4v) is 1.77. The Balaban J connectivity index is 3.55. The smallest absolute Gasteiger partial charge is 0.0101 e. The fraction of sp³-hybridized carbons (Fsp3) is 0.857. The van der Waals surface area contributed by atoms with Crippen LogP contribution in [-0.4, -0.2) is 12.6 Å². The van der Waals surface area contributed by atoms with Crippen molar-refractivity contribution in [2.24, 2.45) is 0 Å². The molecule has 0 aliphatic rings. The number of terminal acetylenes is 1. The highest BCUT2D eigenvalue weighted by molar-refractivity contribution is 4.85. The van der Waals surface area contributed by atoms with Gasteiger partial charge in [-0.1, -0.05) is 39.5 Å². The molecule has 1 atom stereocenters. The van der Waals surface area contributed by atoms with Crippen LogP contribution in [-0.2, 0) is 0 Å². The maximum absolute atomic E-state index is 5.30. The van der Waals surface area contributed by atoms with Crippen molar-refractivity contribution in [1.29, 1.82) is 0 Å². The molecule has 0 bridgehead atoms. The predicted octanol–water partition coefficient (Wildman–Crippen LogP) is 3.74. The van der Waals surface area contributed by atoms with Gasteiger partial charge in [0.05, 0.1) is 0 Å². The van der Waals surface area contributed by atoms with Gasteiger partial charge in [0.2, 0.25) is 0 Å². The molecule has 0 aliphatic carbocycles. The molecule has 0 saturated carbocycles. The largest absolute Gasteiger partial charge is 0.314 e. The van der Waals surface area contributed by atoms with Crippen molar-refractivity contribution in [1.82, 2.24) is 5.32 Å². The number of nitrogens with one attached hydrogen (secondary N) is 1. The molecule has 0 radical (unpaired) electrons. The minimum Gasteiger partial charge on any atom is -0.314 e. The van der Waals surface area contributed by atoms with Crippen LogP contribution in [0.3, 0.4) is 0 Å². The quantitative estimate of drug-likeness (QED) is 0.427. The lowest BCUT2D eigenvalue weighted by Gasteiger charge is -2.17. The summed E-state index contributed by atoms with van der Waals surface area (Å²) in [7, 11) is 0. The topological polar surface area (TPSA) is 12.0 Å². The highest BCUT2D eigenvalue weighted by Gasteiger charge is 2.05. The van der Waals surface area contributed by atoms with Gasteiger partial charge in [-0.2, -0.15) is 0 Å². The van der Waals surface area contributed by atoms with Crippen molar-refractivity contribution in [2.75, 3.05) is 6.54 Å². The van der Waals surface area contributed by atoms with Crippen LogP contribution >= 0.6 is 0 Å². The first kappa shape index (κ1) is 14.5. The molecule has 0 aromatic carbocycles. The summed E-state index contributed by atoms with van der Waals surface area (Å²) in [5.41, 5.74) is 0. The Bertz CT molecular complexity index is 157. The van der Waals surface area contributed by atoms with Crippen molar-refractivity contribution < 1.29 is 0 Å². The van der Waals surface area contributed by atoms with E-state index in [0.29, 0.717) is 6.04 Å². The third kappa shape index (κ3) is 9.82. The zero-order valence-electron chi connectivity index (χ0n) is 10.5. The van der Waals surface area contributed by atoms with Crippen molar-refractivity contribution in [2.45, 2.75) is 71.3 Å². The number of hydrogen-bond donors (Lipinski definition) is 1. The average molecular weight is 209 g/mol. The Labute approximate surface area is 96.0 Å². The summed E-state index contributed by atoms with van der Waals surface area (Å²) in [4.78, 5) is 0. The minimum absolute atomic E-state index is 0.651. The number of hydrogen-bond acceptors (Lipinski definition) is 1. The van der Waals surface area contributed by atoms with Crippen LogP contribution in [0.25, 0.3) is 0 Å². The molecular formula is C14H27N. The first-order valence-electron chi connectivity index (χ1n) is 6.52. The maximum atomic E-state index is 5.30. The molecule has 1 nitrogen and oxygen atoms in total. The van der Waals surface area contributed by atoms with Gasteiger partial charge in [-0.15, -0.1) is 12.3 Å². The second kappa shape index (κ2) is 11.6. The van der Waals surface area contributed by atoms with Gasteiger partial charge in [-0.3, -0.25) is 0 Å². The van der Waals surface area contributed by atoms with Gasteiger partial charge in [0.1, 0.15) is 0 Å². The summed E-state index contributed by atoms with van der Waals surface area (Å²) in [6.45, 7) is 5.59. The van der Waals surface area contributed by atoms with E-state index in [9.17, 15) is 0 Å². The summed E-state index contributed by atoms with van der Waals surface area (Å²) < 4.78 is 0. The average Bonchev–Trinajstić information content (AvgIpc) is 2.27. The fourth-order valence-electron chi connectivity index (χ4n) is 1.77. The molecule has 1 heteroatoms. The molecule has 0 aliphatic heterocycles. The highest BCUT2D eigenvalue weighted by atomic mass is 14.9. The number of unbranched alkanes of at least 4 members (excludes halogenated alkanes) is 3. The molecular weight excluding hydrogens is 182 g/mol. The zero-order valence-corrected chi connectivity index (χ0v) is 10.5. The Morgan fingerprint density at radius 1 is 1.07 bits per heavy atom. The van der Waals surface area contributed by atoms with Crippen LogP contribution in [0.4, 0.5) is 0 Å². The Morgan fingerprint density at radius 2 is 1.87 bits per heavy atom. The summed E-state index contributed by atoms with van der Waals surface area (Å²) in [5.74, 6) is 2.74. The van der Waals surface area contributed by atoms with Crippen LogP contribution in [0.2, 0.25) is 0 Å². The van der Waals surface area contributed by atoms with E-state index in [2.05, 4.69) is 25.1 Å². The highest BCUT2D eigenvalue weighted by Crippen LogP contribution is 2.09. The summed E-state index contributed by atoms with van der Waals surface area (Å²) in [6, 6.07) is 0.651. The molecule has 0 aromatic rings. The second-order valence-electron chi connectivity index (χ2n) is 4.24. The Hall–Kier alpha value is -0.480. The summed E-state index contributed by atoms with van der Waals surface area (Å²) in [6.07, 6.45) is 15.3. The zero-order chi connectivity index (χ0) is 11.4. The van der Waals surface area contributed by atoms with Gasteiger partial charge in [-0.05, 0) is 25.8 Å². The third-order valence-corrected chi connectivity index (χ3v) is 2.73. The summed E-state index contributed by atoms with van der Waals surface area (Å²) in [5, 5.41) is 3.59. The van der Waals surface area contributed by atoms with E-state index < -0.39 is 0 Å². The lowest BCUT2D eigenvalue weighted by atomic mass is 10.0. The second-order valence-corrected chi connectivity index (χ2v) is 4.24. The SMILES string of the molecule is C#CCCC(CCCCCC)NCCC. The molecule has 0 aromatic heterocycles. The van der Waals surface area contributed by atoms with Crippen LogP contribution in [0.15, 0.2) is 0 Å². The molecule has 0 rings (SSSR count). The lowest BCUT2D eigenvalue weighted by molar-refractivity contribution is 0.436. The molecule has 0 saturated heterocycles. The lowest BCUT2D eigenvalue weighted by Crippen LogP contribution is -2.29. The first-order chi connectivity index (χ1) is 7.35. The van der Waals surface area contributed by atoms with E-state index in [0.717, 1.165) is 19.4 Å². The van der Waals surface area contributed by atoms with Crippen molar-refractivity contribution in [3.8, 4) is 12.3 Å². The monoisotopic (exact) mass is 209 g/mol. The molecule has 1 N–H and O–H groups in total. The van der Waals surface area contributed by atoms with Crippen LogP contribution < -0.4 is 5.32 Å². The van der Waals surface area contributed by atoms with E-state index in [1.54, 1.807) is 0 Å². The van der Waals surface area contributed by atoms with Crippen molar-refractivity contribution in [3.05, 3.63) is 0 Å². The van der Waals surface area contributed by atoms with Gasteiger partial charge in [-0.25, -0.2) is 0 Å². The maximum Gasteiger partial charge on any atom is 0.0101 e. The van der Waals surface area contributed by atoms with Gasteiger partial charge in [0.25, 0.3) is 0 Å². The van der Waals surface area contributed by atoms with Crippen LogP contribution in [0.1, 0.15) is 65.2 Å². The molecule has 0 amide bonds. The van der Waals surface area contributed by atoms with Crippen molar-refractivity contribution in [3.63, 3.8) is 0 Å². The molecule has 0 spiro atoms. The normalized spacial score (nSPS) is 12.3. The summed E-state index contributed by atoms with van der Waals surface area (Å²) >= 11 is 0. The minimum atomic E-state index is 0.651. The van der Waals surface area contributed by atoms with E-state index in [1.807, 2.05) is 0 Å². The van der Waals surface area contributed by atoms with Gasteiger partial charge in [0, 0.05) is 12.5 Å². The van der Waals surface area contributed by atoms with E-state index in [-0.39, 0.29) is 0 Å². The van der Waals surface area contributed by atoms with E-state index >= 15 is 0 Å². The molecule has 88 valence electrons. The predicted molar refractivity (Wildman–Crippen MR) is 68.9 cm³/mol. The molecule has 0 fully saturated rings. The Kier molecular flexibility index (Phi) is 11.2. The first-order valence-corrected chi connectivity index (χ1v) is 6.52. The van der Waals surface area contributed by atoms with Crippen LogP contribution in [0, 0.1) is 12.3 Å². The van der Waals surface area contributed by atoms with Crippen LogP contribution in [0.5, 0.6) is 0 Å². The Morgan fingerprint density at radius 3 is 2.47 bits per heavy atom. The van der Waals surface area contributed by atoms with Gasteiger partial charge < -0.3 is 5.32 Å². The van der Waals surface area contributed by atoms with E-state index in [1.165, 1.54) is 38.5 Å². The van der Waals surface area contributed by atoms with Gasteiger partial charge >= 0.3 is 0 Å². The van der Waals surface area contributed by atoms with Crippen molar-refractivity contribution >= 4 is 0 Å². The third-order valence-electron chi connectivity index (χ3n) is 2.73.